The van der Waals surface area contributed by atoms with Crippen molar-refractivity contribution in [2.75, 3.05) is 13.1 Å². The lowest BCUT2D eigenvalue weighted by Gasteiger charge is -2.43. The van der Waals surface area contributed by atoms with E-state index in [9.17, 15) is 0 Å². The maximum atomic E-state index is 6.90. The zero-order valence-corrected chi connectivity index (χ0v) is 15.9. The van der Waals surface area contributed by atoms with Gasteiger partial charge in [0, 0.05) is 6.54 Å². The van der Waals surface area contributed by atoms with Crippen LogP contribution in [-0.2, 0) is 10.3 Å². The Morgan fingerprint density at radius 2 is 1.88 bits per heavy atom. The third-order valence-electron chi connectivity index (χ3n) is 5.30. The third-order valence-corrected chi connectivity index (χ3v) is 5.30. The molecule has 0 saturated heterocycles. The summed E-state index contributed by atoms with van der Waals surface area (Å²) in [6.45, 7) is 6.28. The smallest absolute Gasteiger partial charge is 0.132 e. The number of rotatable bonds is 6. The zero-order valence-electron chi connectivity index (χ0n) is 15.0. The molecule has 0 spiro atoms. The molecule has 1 aliphatic heterocycles. The summed E-state index contributed by atoms with van der Waals surface area (Å²) in [7, 11) is 0. The van der Waals surface area contributed by atoms with Gasteiger partial charge in [-0.25, -0.2) is 0 Å². The van der Waals surface area contributed by atoms with Crippen LogP contribution in [0.25, 0.3) is 0 Å². The van der Waals surface area contributed by atoms with E-state index in [1.807, 2.05) is 0 Å². The van der Waals surface area contributed by atoms with E-state index < -0.39 is 0 Å². The van der Waals surface area contributed by atoms with Gasteiger partial charge in [-0.15, -0.1) is 12.4 Å². The van der Waals surface area contributed by atoms with Gasteiger partial charge in [0.1, 0.15) is 6.23 Å². The molecule has 1 aromatic carbocycles. The van der Waals surface area contributed by atoms with Crippen molar-refractivity contribution in [3.05, 3.63) is 35.9 Å². The summed E-state index contributed by atoms with van der Waals surface area (Å²) in [6.07, 6.45) is 8.51. The Kier molecular flexibility index (Phi) is 7.12. The molecule has 0 radical (unpaired) electrons. The molecule has 2 aliphatic rings. The largest absolute Gasteiger partial charge is 0.347 e. The normalized spacial score (nSPS) is 21.1. The molecule has 24 heavy (non-hydrogen) atoms. The molecular formula is C20H31ClN2O. The lowest BCUT2D eigenvalue weighted by Crippen LogP contribution is -2.45. The minimum atomic E-state index is -0.109. The number of amidine groups is 1. The standard InChI is InChI=1S/C20H30N2O.ClH/c1-3-10-19(22-16-15-21-17(22)2)23-20(13-8-5-9-14-20)18-11-6-4-7-12-18;/h4,6-7,11-12,19H,3,5,8-10,13-16H2,1-2H3;1H. The Bertz CT molecular complexity index is 526. The monoisotopic (exact) mass is 350 g/mol. The molecule has 3 rings (SSSR count). The topological polar surface area (TPSA) is 24.8 Å². The SMILES string of the molecule is CCCC(OC1(c2ccccc2)CCCCC1)N1CCN=C1C.Cl. The van der Waals surface area contributed by atoms with Crippen LogP contribution in [0.4, 0.5) is 0 Å². The number of hydrogen-bond donors (Lipinski definition) is 0. The van der Waals surface area contributed by atoms with E-state index in [0.717, 1.165) is 44.6 Å². The molecule has 0 N–H and O–H groups in total. The molecule has 0 aromatic heterocycles. The lowest BCUT2D eigenvalue weighted by atomic mass is 9.79. The maximum absolute atomic E-state index is 6.90. The first-order chi connectivity index (χ1) is 11.2. The quantitative estimate of drug-likeness (QED) is 0.709. The van der Waals surface area contributed by atoms with Gasteiger partial charge in [-0.2, -0.15) is 0 Å². The van der Waals surface area contributed by atoms with Crippen LogP contribution in [0, 0.1) is 0 Å². The molecule has 0 amide bonds. The van der Waals surface area contributed by atoms with Crippen molar-refractivity contribution in [1.29, 1.82) is 0 Å². The molecule has 3 nitrogen and oxygen atoms in total. The number of ether oxygens (including phenoxy) is 1. The predicted molar refractivity (Wildman–Crippen MR) is 103 cm³/mol. The molecule has 1 fully saturated rings. The van der Waals surface area contributed by atoms with E-state index in [-0.39, 0.29) is 24.2 Å². The fraction of sp³-hybridized carbons (Fsp3) is 0.650. The molecule has 1 atom stereocenters. The van der Waals surface area contributed by atoms with Gasteiger partial charge in [0.2, 0.25) is 0 Å². The summed E-state index contributed by atoms with van der Waals surface area (Å²) in [5, 5.41) is 0. The highest BCUT2D eigenvalue weighted by Gasteiger charge is 2.39. The molecule has 4 heteroatoms. The highest BCUT2D eigenvalue weighted by Crippen LogP contribution is 2.42. The van der Waals surface area contributed by atoms with Crippen LogP contribution in [0.1, 0.15) is 64.4 Å². The van der Waals surface area contributed by atoms with E-state index in [0.29, 0.717) is 0 Å². The van der Waals surface area contributed by atoms with Crippen molar-refractivity contribution in [2.45, 2.75) is 70.6 Å². The average Bonchev–Trinajstić information content (AvgIpc) is 3.02. The second kappa shape index (κ2) is 8.87. The minimum Gasteiger partial charge on any atom is -0.347 e. The molecule has 1 heterocycles. The van der Waals surface area contributed by atoms with Gasteiger partial charge < -0.3 is 9.64 Å². The number of benzene rings is 1. The molecule has 1 unspecified atom stereocenters. The number of nitrogens with zero attached hydrogens (tertiary/aromatic N) is 2. The minimum absolute atomic E-state index is 0. The molecular weight excluding hydrogens is 320 g/mol. The van der Waals surface area contributed by atoms with Gasteiger partial charge in [0.25, 0.3) is 0 Å². The Labute approximate surface area is 152 Å². The van der Waals surface area contributed by atoms with E-state index in [1.165, 1.54) is 24.8 Å². The average molecular weight is 351 g/mol. The van der Waals surface area contributed by atoms with Crippen LogP contribution < -0.4 is 0 Å². The van der Waals surface area contributed by atoms with Crippen molar-refractivity contribution in [3.63, 3.8) is 0 Å². The van der Waals surface area contributed by atoms with E-state index in [1.54, 1.807) is 0 Å². The van der Waals surface area contributed by atoms with E-state index in [2.05, 4.69) is 54.1 Å². The van der Waals surface area contributed by atoms with Crippen LogP contribution in [-0.4, -0.2) is 30.1 Å². The number of aliphatic imine (C=N–C) groups is 1. The van der Waals surface area contributed by atoms with Crippen LogP contribution in [0.5, 0.6) is 0 Å². The highest BCUT2D eigenvalue weighted by molar-refractivity contribution is 5.85. The Morgan fingerprint density at radius 1 is 1.17 bits per heavy atom. The number of hydrogen-bond acceptors (Lipinski definition) is 3. The maximum Gasteiger partial charge on any atom is 0.132 e. The summed E-state index contributed by atoms with van der Waals surface area (Å²) < 4.78 is 6.90. The lowest BCUT2D eigenvalue weighted by molar-refractivity contribution is -0.160. The summed E-state index contributed by atoms with van der Waals surface area (Å²) in [4.78, 5) is 6.95. The summed E-state index contributed by atoms with van der Waals surface area (Å²) in [5.74, 6) is 1.14. The van der Waals surface area contributed by atoms with Crippen molar-refractivity contribution in [1.82, 2.24) is 4.90 Å². The van der Waals surface area contributed by atoms with Crippen molar-refractivity contribution >= 4 is 18.2 Å². The molecule has 1 saturated carbocycles. The third kappa shape index (κ3) is 4.12. The Hall–Kier alpha value is -1.06. The van der Waals surface area contributed by atoms with Gasteiger partial charge in [0.15, 0.2) is 0 Å². The fourth-order valence-electron chi connectivity index (χ4n) is 4.05. The Balaban J connectivity index is 0.00000208. The zero-order chi connectivity index (χ0) is 16.1. The summed E-state index contributed by atoms with van der Waals surface area (Å²) in [6, 6.07) is 10.9. The van der Waals surface area contributed by atoms with Gasteiger partial charge in [-0.1, -0.05) is 62.9 Å². The first-order valence-electron chi connectivity index (χ1n) is 9.26. The van der Waals surface area contributed by atoms with Crippen LogP contribution in [0.15, 0.2) is 35.3 Å². The second-order valence-electron chi connectivity index (χ2n) is 6.90. The highest BCUT2D eigenvalue weighted by atomic mass is 35.5. The molecule has 1 aliphatic carbocycles. The molecule has 1 aromatic rings. The van der Waals surface area contributed by atoms with Crippen molar-refractivity contribution in [3.8, 4) is 0 Å². The molecule has 134 valence electrons. The van der Waals surface area contributed by atoms with Gasteiger partial charge in [-0.05, 0) is 31.7 Å². The summed E-state index contributed by atoms with van der Waals surface area (Å²) in [5.41, 5.74) is 1.25. The fourth-order valence-corrected chi connectivity index (χ4v) is 4.05. The summed E-state index contributed by atoms with van der Waals surface area (Å²) >= 11 is 0. The first-order valence-corrected chi connectivity index (χ1v) is 9.26. The van der Waals surface area contributed by atoms with Gasteiger partial charge >= 0.3 is 0 Å². The van der Waals surface area contributed by atoms with Gasteiger partial charge in [0.05, 0.1) is 18.0 Å². The van der Waals surface area contributed by atoms with Crippen LogP contribution >= 0.6 is 12.4 Å². The van der Waals surface area contributed by atoms with E-state index >= 15 is 0 Å². The second-order valence-corrected chi connectivity index (χ2v) is 6.90. The van der Waals surface area contributed by atoms with Crippen molar-refractivity contribution < 1.29 is 4.74 Å². The van der Waals surface area contributed by atoms with Crippen molar-refractivity contribution in [2.24, 2.45) is 4.99 Å². The predicted octanol–water partition coefficient (Wildman–Crippen LogP) is 5.14. The molecule has 0 bridgehead atoms. The van der Waals surface area contributed by atoms with Gasteiger partial charge in [-0.3, -0.25) is 4.99 Å². The number of halogens is 1. The van der Waals surface area contributed by atoms with E-state index in [4.69, 9.17) is 4.74 Å². The van der Waals surface area contributed by atoms with Crippen LogP contribution in [0.3, 0.4) is 0 Å². The van der Waals surface area contributed by atoms with Crippen LogP contribution in [0.2, 0.25) is 0 Å². The Morgan fingerprint density at radius 3 is 2.46 bits per heavy atom. The first kappa shape index (κ1) is 19.3.